The number of rotatable bonds is 7. The van der Waals surface area contributed by atoms with Gasteiger partial charge in [0.05, 0.1) is 0 Å². The Kier molecular flexibility index (Phi) is 7.58. The van der Waals surface area contributed by atoms with Gasteiger partial charge in [0, 0.05) is 0 Å². The molecule has 0 amide bonds. The van der Waals surface area contributed by atoms with Crippen LogP contribution >= 0.6 is 0 Å². The average molecular weight is 171 g/mol. The number of hydrogen-bond acceptors (Lipinski definition) is 1. The van der Waals surface area contributed by atoms with Gasteiger partial charge < -0.3 is 5.73 Å². The van der Waals surface area contributed by atoms with Crippen molar-refractivity contribution in [1.82, 2.24) is 0 Å². The lowest BCUT2D eigenvalue weighted by Crippen LogP contribution is -2.09. The first-order valence-electron chi connectivity index (χ1n) is 5.42. The van der Waals surface area contributed by atoms with Gasteiger partial charge in [-0.15, -0.1) is 0 Å². The van der Waals surface area contributed by atoms with E-state index in [-0.39, 0.29) is 0 Å². The molecule has 0 aliphatic rings. The topological polar surface area (TPSA) is 26.0 Å². The quantitative estimate of drug-likeness (QED) is 0.585. The maximum absolute atomic E-state index is 5.46. The van der Waals surface area contributed by atoms with E-state index in [0.29, 0.717) is 0 Å². The van der Waals surface area contributed by atoms with Crippen molar-refractivity contribution < 1.29 is 0 Å². The van der Waals surface area contributed by atoms with E-state index in [9.17, 15) is 0 Å². The van der Waals surface area contributed by atoms with Crippen LogP contribution in [0, 0.1) is 11.8 Å². The van der Waals surface area contributed by atoms with Gasteiger partial charge in [-0.1, -0.05) is 46.5 Å². The molecule has 0 saturated heterocycles. The van der Waals surface area contributed by atoms with Crippen molar-refractivity contribution in [3.8, 4) is 0 Å². The third kappa shape index (κ3) is 5.59. The molecule has 0 aromatic carbocycles. The van der Waals surface area contributed by atoms with Crippen LogP contribution in [0.5, 0.6) is 0 Å². The van der Waals surface area contributed by atoms with Gasteiger partial charge in [-0.3, -0.25) is 0 Å². The van der Waals surface area contributed by atoms with Gasteiger partial charge in [0.25, 0.3) is 0 Å². The van der Waals surface area contributed by atoms with E-state index < -0.39 is 0 Å². The van der Waals surface area contributed by atoms with Crippen LogP contribution in [0.4, 0.5) is 0 Å². The molecule has 74 valence electrons. The van der Waals surface area contributed by atoms with E-state index in [4.69, 9.17) is 5.73 Å². The molecule has 0 aromatic rings. The molecule has 0 aliphatic heterocycles. The highest BCUT2D eigenvalue weighted by Gasteiger charge is 2.10. The van der Waals surface area contributed by atoms with E-state index in [2.05, 4.69) is 20.8 Å². The molecule has 0 radical (unpaired) electrons. The monoisotopic (exact) mass is 171 g/mol. The van der Waals surface area contributed by atoms with Crippen LogP contribution in [-0.4, -0.2) is 6.54 Å². The summed E-state index contributed by atoms with van der Waals surface area (Å²) in [7, 11) is 0. The van der Waals surface area contributed by atoms with Crippen LogP contribution < -0.4 is 5.73 Å². The SMILES string of the molecule is CCCC(CCCCN)C(C)C. The highest BCUT2D eigenvalue weighted by atomic mass is 14.5. The summed E-state index contributed by atoms with van der Waals surface area (Å²) in [5.74, 6) is 1.78. The van der Waals surface area contributed by atoms with Crippen molar-refractivity contribution in [1.29, 1.82) is 0 Å². The summed E-state index contributed by atoms with van der Waals surface area (Å²) in [6, 6.07) is 0. The van der Waals surface area contributed by atoms with Gasteiger partial charge in [-0.05, 0) is 24.8 Å². The minimum absolute atomic E-state index is 0.850. The fourth-order valence-corrected chi connectivity index (χ4v) is 1.73. The lowest BCUT2D eigenvalue weighted by molar-refractivity contribution is 0.324. The fourth-order valence-electron chi connectivity index (χ4n) is 1.73. The maximum atomic E-state index is 5.46. The molecule has 0 rings (SSSR count). The first kappa shape index (κ1) is 12.0. The summed E-state index contributed by atoms with van der Waals surface area (Å²) in [5, 5.41) is 0. The minimum atomic E-state index is 0.850. The largest absolute Gasteiger partial charge is 0.330 e. The van der Waals surface area contributed by atoms with E-state index in [1.165, 1.54) is 32.1 Å². The van der Waals surface area contributed by atoms with E-state index in [0.717, 1.165) is 18.4 Å². The van der Waals surface area contributed by atoms with Gasteiger partial charge >= 0.3 is 0 Å². The molecule has 0 spiro atoms. The molecule has 12 heavy (non-hydrogen) atoms. The third-order valence-corrected chi connectivity index (χ3v) is 2.63. The summed E-state index contributed by atoms with van der Waals surface area (Å²) in [6.45, 7) is 7.81. The Bertz CT molecular complexity index is 89.0. The minimum Gasteiger partial charge on any atom is -0.330 e. The van der Waals surface area contributed by atoms with E-state index >= 15 is 0 Å². The van der Waals surface area contributed by atoms with Crippen molar-refractivity contribution >= 4 is 0 Å². The van der Waals surface area contributed by atoms with Gasteiger partial charge in [0.2, 0.25) is 0 Å². The van der Waals surface area contributed by atoms with Gasteiger partial charge in [0.1, 0.15) is 0 Å². The lowest BCUT2D eigenvalue weighted by atomic mass is 9.87. The van der Waals surface area contributed by atoms with Crippen LogP contribution in [0.1, 0.15) is 52.9 Å². The second kappa shape index (κ2) is 7.60. The highest BCUT2D eigenvalue weighted by Crippen LogP contribution is 2.22. The fraction of sp³-hybridized carbons (Fsp3) is 1.00. The lowest BCUT2D eigenvalue weighted by Gasteiger charge is -2.19. The molecule has 0 heterocycles. The Morgan fingerprint density at radius 2 is 1.75 bits per heavy atom. The standard InChI is InChI=1S/C11H25N/c1-4-7-11(10(2)3)8-5-6-9-12/h10-11H,4-9,12H2,1-3H3. The molecular weight excluding hydrogens is 146 g/mol. The van der Waals surface area contributed by atoms with Crippen LogP contribution in [0.3, 0.4) is 0 Å². The van der Waals surface area contributed by atoms with E-state index in [1.54, 1.807) is 0 Å². The molecule has 1 heteroatoms. The second-order valence-electron chi connectivity index (χ2n) is 4.08. The molecular formula is C11H25N. The van der Waals surface area contributed by atoms with Crippen molar-refractivity contribution in [2.75, 3.05) is 6.54 Å². The normalized spacial score (nSPS) is 13.8. The molecule has 0 saturated carbocycles. The third-order valence-electron chi connectivity index (χ3n) is 2.63. The summed E-state index contributed by atoms with van der Waals surface area (Å²) < 4.78 is 0. The number of unbranched alkanes of at least 4 members (excludes halogenated alkanes) is 1. The number of hydrogen-bond donors (Lipinski definition) is 1. The Labute approximate surface area is 77.7 Å². The van der Waals surface area contributed by atoms with Crippen LogP contribution in [0.15, 0.2) is 0 Å². The second-order valence-corrected chi connectivity index (χ2v) is 4.08. The molecule has 2 N–H and O–H groups in total. The van der Waals surface area contributed by atoms with Crippen LogP contribution in [0.2, 0.25) is 0 Å². The molecule has 0 bridgehead atoms. The van der Waals surface area contributed by atoms with Crippen molar-refractivity contribution in [3.63, 3.8) is 0 Å². The first-order valence-corrected chi connectivity index (χ1v) is 5.42. The zero-order chi connectivity index (χ0) is 9.40. The molecule has 1 atom stereocenters. The first-order chi connectivity index (χ1) is 5.72. The zero-order valence-electron chi connectivity index (χ0n) is 8.97. The summed E-state index contributed by atoms with van der Waals surface area (Å²) in [5.41, 5.74) is 5.46. The van der Waals surface area contributed by atoms with Crippen molar-refractivity contribution in [3.05, 3.63) is 0 Å². The van der Waals surface area contributed by atoms with Crippen LogP contribution in [-0.2, 0) is 0 Å². The van der Waals surface area contributed by atoms with Gasteiger partial charge in [-0.2, -0.15) is 0 Å². The Morgan fingerprint density at radius 1 is 1.08 bits per heavy atom. The van der Waals surface area contributed by atoms with Crippen LogP contribution in [0.25, 0.3) is 0 Å². The zero-order valence-corrected chi connectivity index (χ0v) is 8.97. The highest BCUT2D eigenvalue weighted by molar-refractivity contribution is 4.62. The molecule has 1 unspecified atom stereocenters. The molecule has 0 fully saturated rings. The molecule has 1 nitrogen and oxygen atoms in total. The summed E-state index contributed by atoms with van der Waals surface area (Å²) in [4.78, 5) is 0. The summed E-state index contributed by atoms with van der Waals surface area (Å²) >= 11 is 0. The van der Waals surface area contributed by atoms with Crippen molar-refractivity contribution in [2.24, 2.45) is 17.6 Å². The molecule has 0 aromatic heterocycles. The predicted octanol–water partition coefficient (Wildman–Crippen LogP) is 3.19. The van der Waals surface area contributed by atoms with Gasteiger partial charge in [0.15, 0.2) is 0 Å². The maximum Gasteiger partial charge on any atom is -0.00773 e. The van der Waals surface area contributed by atoms with Crippen molar-refractivity contribution in [2.45, 2.75) is 52.9 Å². The number of nitrogens with two attached hydrogens (primary N) is 1. The average Bonchev–Trinajstić information content (AvgIpc) is 2.03. The van der Waals surface area contributed by atoms with E-state index in [1.807, 2.05) is 0 Å². The Hall–Kier alpha value is -0.0400. The Morgan fingerprint density at radius 3 is 2.17 bits per heavy atom. The summed E-state index contributed by atoms with van der Waals surface area (Å²) in [6.07, 6.45) is 6.61. The molecule has 0 aliphatic carbocycles. The smallest absolute Gasteiger partial charge is 0.00773 e. The Balaban J connectivity index is 3.49. The predicted molar refractivity (Wildman–Crippen MR) is 56.1 cm³/mol. The van der Waals surface area contributed by atoms with Gasteiger partial charge in [-0.25, -0.2) is 0 Å².